The summed E-state index contributed by atoms with van der Waals surface area (Å²) in [5.74, 6) is -1.21. The first kappa shape index (κ1) is 15.0. The quantitative estimate of drug-likeness (QED) is 0.914. The van der Waals surface area contributed by atoms with E-state index >= 15 is 0 Å². The molecule has 2 aromatic rings. The number of carboxylic acid groups (broad SMARTS) is 1. The second kappa shape index (κ2) is 6.34. The van der Waals surface area contributed by atoms with Crippen LogP contribution in [0.1, 0.15) is 16.9 Å². The zero-order valence-electron chi connectivity index (χ0n) is 10.5. The molecule has 0 saturated heterocycles. The molecule has 106 valence electrons. The molecule has 2 aromatic heterocycles. The molecule has 0 radical (unpaired) electrons. The molecule has 0 fully saturated rings. The summed E-state index contributed by atoms with van der Waals surface area (Å²) in [6.07, 6.45) is -0.0836. The number of halogens is 1. The minimum atomic E-state index is -0.933. The van der Waals surface area contributed by atoms with Crippen LogP contribution in [0.4, 0.5) is 0 Å². The van der Waals surface area contributed by atoms with Crippen LogP contribution < -0.4 is 0 Å². The number of carboxylic acids is 1. The normalized spacial score (nSPS) is 10.5. The van der Waals surface area contributed by atoms with E-state index < -0.39 is 5.97 Å². The lowest BCUT2D eigenvalue weighted by Crippen LogP contribution is -2.29. The zero-order chi connectivity index (χ0) is 14.7. The fourth-order valence-corrected chi connectivity index (χ4v) is 3.38. The summed E-state index contributed by atoms with van der Waals surface area (Å²) < 4.78 is 0.668. The second-order valence-electron chi connectivity index (χ2n) is 4.01. The van der Waals surface area contributed by atoms with Crippen LogP contribution in [0.15, 0.2) is 17.5 Å². The monoisotopic (exact) mass is 330 g/mol. The van der Waals surface area contributed by atoms with Gasteiger partial charge in [-0.25, -0.2) is 4.98 Å². The summed E-state index contributed by atoms with van der Waals surface area (Å²) >= 11 is 8.63. The smallest absolute Gasteiger partial charge is 0.305 e. The molecule has 0 aromatic carbocycles. The van der Waals surface area contributed by atoms with E-state index in [-0.39, 0.29) is 18.9 Å². The number of amides is 1. The van der Waals surface area contributed by atoms with Crippen molar-refractivity contribution in [2.24, 2.45) is 0 Å². The van der Waals surface area contributed by atoms with Gasteiger partial charge >= 0.3 is 5.97 Å². The highest BCUT2D eigenvalue weighted by atomic mass is 35.5. The molecule has 0 unspecified atom stereocenters. The largest absolute Gasteiger partial charge is 0.481 e. The summed E-state index contributed by atoms with van der Waals surface area (Å²) in [7, 11) is 1.56. The van der Waals surface area contributed by atoms with Gasteiger partial charge < -0.3 is 10.0 Å². The molecule has 0 saturated carbocycles. The van der Waals surface area contributed by atoms with E-state index in [0.29, 0.717) is 10.0 Å². The molecule has 2 rings (SSSR count). The fraction of sp³-hybridized carbons (Fsp3) is 0.250. The van der Waals surface area contributed by atoms with Crippen LogP contribution in [0.3, 0.4) is 0 Å². The third kappa shape index (κ3) is 3.56. The molecule has 1 amide bonds. The van der Waals surface area contributed by atoms with Crippen molar-refractivity contribution in [1.29, 1.82) is 0 Å². The maximum absolute atomic E-state index is 12.1. The summed E-state index contributed by atoms with van der Waals surface area (Å²) in [5, 5.41) is 11.0. The van der Waals surface area contributed by atoms with Gasteiger partial charge in [0.2, 0.25) is 0 Å². The number of aliphatic carboxylic acids is 1. The Hall–Kier alpha value is -1.44. The minimum absolute atomic E-state index is 0.0836. The Kier molecular flexibility index (Phi) is 4.74. The van der Waals surface area contributed by atoms with Crippen LogP contribution in [0, 0.1) is 0 Å². The van der Waals surface area contributed by atoms with Gasteiger partial charge in [0, 0.05) is 19.0 Å². The van der Waals surface area contributed by atoms with Gasteiger partial charge in [-0.05, 0) is 12.1 Å². The van der Waals surface area contributed by atoms with Gasteiger partial charge in [0.05, 0.1) is 15.6 Å². The topological polar surface area (TPSA) is 70.5 Å². The van der Waals surface area contributed by atoms with Crippen LogP contribution in [-0.2, 0) is 4.79 Å². The summed E-state index contributed by atoms with van der Waals surface area (Å²) in [4.78, 5) is 29.1. The average molecular weight is 331 g/mol. The van der Waals surface area contributed by atoms with Crippen molar-refractivity contribution in [3.05, 3.63) is 27.5 Å². The summed E-state index contributed by atoms with van der Waals surface area (Å²) in [6, 6.07) is 3.64. The Morgan fingerprint density at radius 1 is 1.45 bits per heavy atom. The number of thiophene rings is 1. The maximum Gasteiger partial charge on any atom is 0.305 e. The minimum Gasteiger partial charge on any atom is -0.481 e. The van der Waals surface area contributed by atoms with Crippen LogP contribution in [-0.4, -0.2) is 40.5 Å². The summed E-state index contributed by atoms with van der Waals surface area (Å²) in [5.41, 5.74) is 0.322. The lowest BCUT2D eigenvalue weighted by molar-refractivity contribution is -0.137. The number of hydrogen-bond donors (Lipinski definition) is 1. The highest BCUT2D eigenvalue weighted by Crippen LogP contribution is 2.33. The van der Waals surface area contributed by atoms with Crippen molar-refractivity contribution in [2.75, 3.05) is 13.6 Å². The standard InChI is InChI=1S/C12H11ClN2O3S2/c1-15(5-4-10(16)17)12(18)7-6-19-11(14-7)8-2-3-9(13)20-8/h2-3,6H,4-5H2,1H3,(H,16,17). The van der Waals surface area contributed by atoms with Crippen molar-refractivity contribution in [3.8, 4) is 9.88 Å². The molecule has 0 aliphatic carbocycles. The number of rotatable bonds is 5. The van der Waals surface area contributed by atoms with Gasteiger partial charge in [-0.1, -0.05) is 11.6 Å². The Morgan fingerprint density at radius 3 is 2.80 bits per heavy atom. The molecule has 1 N–H and O–H groups in total. The van der Waals surface area contributed by atoms with Crippen LogP contribution >= 0.6 is 34.3 Å². The lowest BCUT2D eigenvalue weighted by Gasteiger charge is -2.13. The van der Waals surface area contributed by atoms with Crippen LogP contribution in [0.2, 0.25) is 4.34 Å². The van der Waals surface area contributed by atoms with Crippen molar-refractivity contribution in [3.63, 3.8) is 0 Å². The first-order chi connectivity index (χ1) is 9.47. The molecule has 20 heavy (non-hydrogen) atoms. The third-order valence-electron chi connectivity index (χ3n) is 2.52. The number of aromatic nitrogens is 1. The van der Waals surface area contributed by atoms with E-state index in [1.807, 2.05) is 6.07 Å². The van der Waals surface area contributed by atoms with Gasteiger partial charge in [-0.2, -0.15) is 0 Å². The first-order valence-corrected chi connectivity index (χ1v) is 7.73. The summed E-state index contributed by atoms with van der Waals surface area (Å²) in [6.45, 7) is 0.159. The zero-order valence-corrected chi connectivity index (χ0v) is 12.9. The highest BCUT2D eigenvalue weighted by Gasteiger charge is 2.17. The fourth-order valence-electron chi connectivity index (χ4n) is 1.47. The lowest BCUT2D eigenvalue weighted by atomic mass is 10.3. The Morgan fingerprint density at radius 2 is 2.20 bits per heavy atom. The molecule has 5 nitrogen and oxygen atoms in total. The Bertz CT molecular complexity index is 638. The average Bonchev–Trinajstić information content (AvgIpc) is 3.03. The predicted molar refractivity (Wildman–Crippen MR) is 79.7 cm³/mol. The van der Waals surface area contributed by atoms with E-state index in [9.17, 15) is 9.59 Å². The second-order valence-corrected chi connectivity index (χ2v) is 6.59. The van der Waals surface area contributed by atoms with E-state index in [2.05, 4.69) is 4.98 Å². The van der Waals surface area contributed by atoms with Gasteiger partial charge in [-0.3, -0.25) is 9.59 Å². The molecule has 0 atom stereocenters. The van der Waals surface area contributed by atoms with E-state index in [1.54, 1.807) is 18.5 Å². The highest BCUT2D eigenvalue weighted by molar-refractivity contribution is 7.23. The third-order valence-corrected chi connectivity index (χ3v) is 4.76. The van der Waals surface area contributed by atoms with Gasteiger partial charge in [0.25, 0.3) is 5.91 Å². The van der Waals surface area contributed by atoms with Crippen molar-refractivity contribution >= 4 is 46.2 Å². The van der Waals surface area contributed by atoms with E-state index in [1.165, 1.54) is 27.6 Å². The maximum atomic E-state index is 12.1. The van der Waals surface area contributed by atoms with Crippen LogP contribution in [0.25, 0.3) is 9.88 Å². The molecule has 0 aliphatic rings. The SMILES string of the molecule is CN(CCC(=O)O)C(=O)c1csc(-c2ccc(Cl)s2)n1. The molecule has 2 heterocycles. The molecule has 0 bridgehead atoms. The van der Waals surface area contributed by atoms with Crippen molar-refractivity contribution in [2.45, 2.75) is 6.42 Å². The molecular formula is C12H11ClN2O3S2. The molecular weight excluding hydrogens is 320 g/mol. The Balaban J connectivity index is 2.08. The number of thiazole rings is 1. The van der Waals surface area contributed by atoms with Gasteiger partial charge in [0.15, 0.2) is 0 Å². The van der Waals surface area contributed by atoms with E-state index in [0.717, 1.165) is 9.88 Å². The van der Waals surface area contributed by atoms with Crippen molar-refractivity contribution in [1.82, 2.24) is 9.88 Å². The van der Waals surface area contributed by atoms with Crippen LogP contribution in [0.5, 0.6) is 0 Å². The molecule has 0 spiro atoms. The van der Waals surface area contributed by atoms with E-state index in [4.69, 9.17) is 16.7 Å². The molecule has 0 aliphatic heterocycles. The predicted octanol–water partition coefficient (Wildman–Crippen LogP) is 3.07. The number of carbonyl (C=O) groups is 2. The number of hydrogen-bond acceptors (Lipinski definition) is 5. The van der Waals surface area contributed by atoms with Gasteiger partial charge in [0.1, 0.15) is 10.7 Å². The number of carbonyl (C=O) groups excluding carboxylic acids is 1. The number of nitrogens with zero attached hydrogens (tertiary/aromatic N) is 2. The van der Waals surface area contributed by atoms with Crippen molar-refractivity contribution < 1.29 is 14.7 Å². The Labute approximate surface area is 128 Å². The first-order valence-electron chi connectivity index (χ1n) is 5.66. The molecule has 8 heteroatoms. The van der Waals surface area contributed by atoms with Gasteiger partial charge in [-0.15, -0.1) is 22.7 Å².